The number of anilines is 1. The quantitative estimate of drug-likeness (QED) is 0.795. The third-order valence-corrected chi connectivity index (χ3v) is 2.95. The molecule has 0 aliphatic heterocycles. The number of benzene rings is 1. The molecule has 2 aromatic rings. The smallest absolute Gasteiger partial charge is 0.224 e. The highest BCUT2D eigenvalue weighted by Crippen LogP contribution is 2.16. The van der Waals surface area contributed by atoms with E-state index in [0.717, 1.165) is 22.8 Å². The number of hydrogen-bond donors (Lipinski definition) is 2. The Kier molecular flexibility index (Phi) is 4.76. The summed E-state index contributed by atoms with van der Waals surface area (Å²) in [7, 11) is 0. The Morgan fingerprint density at radius 2 is 2.05 bits per heavy atom. The molecule has 2 rings (SSSR count). The van der Waals surface area contributed by atoms with Crippen molar-refractivity contribution in [1.29, 1.82) is 0 Å². The molecular weight excluding hydrogens is 254 g/mol. The first-order valence-electron chi connectivity index (χ1n) is 6.66. The first-order chi connectivity index (χ1) is 9.66. The van der Waals surface area contributed by atoms with Gasteiger partial charge in [-0.15, -0.1) is 0 Å². The molecule has 0 saturated carbocycles. The molecule has 1 aromatic carbocycles. The van der Waals surface area contributed by atoms with Gasteiger partial charge in [-0.3, -0.25) is 9.89 Å². The van der Waals surface area contributed by atoms with Crippen LogP contribution in [0, 0.1) is 13.8 Å². The maximum atomic E-state index is 11.8. The van der Waals surface area contributed by atoms with E-state index in [1.807, 2.05) is 44.2 Å². The minimum absolute atomic E-state index is 0.0192. The van der Waals surface area contributed by atoms with E-state index in [9.17, 15) is 4.79 Å². The minimum Gasteiger partial charge on any atom is -0.494 e. The molecule has 20 heavy (non-hydrogen) atoms. The summed E-state index contributed by atoms with van der Waals surface area (Å²) < 4.78 is 5.54. The Hall–Kier alpha value is -2.30. The van der Waals surface area contributed by atoms with E-state index in [2.05, 4.69) is 15.5 Å². The fraction of sp³-hybridized carbons (Fsp3) is 0.333. The lowest BCUT2D eigenvalue weighted by atomic mass is 10.2. The normalized spacial score (nSPS) is 10.3. The number of hydrogen-bond acceptors (Lipinski definition) is 3. The van der Waals surface area contributed by atoms with Gasteiger partial charge in [0.2, 0.25) is 5.91 Å². The molecule has 5 nitrogen and oxygen atoms in total. The van der Waals surface area contributed by atoms with Crippen molar-refractivity contribution < 1.29 is 9.53 Å². The number of aromatic nitrogens is 2. The van der Waals surface area contributed by atoms with Crippen molar-refractivity contribution in [3.63, 3.8) is 0 Å². The summed E-state index contributed by atoms with van der Waals surface area (Å²) >= 11 is 0. The maximum absolute atomic E-state index is 11.8. The first kappa shape index (κ1) is 14.1. The summed E-state index contributed by atoms with van der Waals surface area (Å²) in [5.74, 6) is 0.809. The molecule has 2 N–H and O–H groups in total. The highest BCUT2D eigenvalue weighted by Gasteiger charge is 2.09. The molecule has 0 aliphatic carbocycles. The van der Waals surface area contributed by atoms with Gasteiger partial charge in [-0.2, -0.15) is 5.10 Å². The van der Waals surface area contributed by atoms with Gasteiger partial charge in [0.1, 0.15) is 5.75 Å². The number of para-hydroxylation sites is 1. The lowest BCUT2D eigenvalue weighted by Crippen LogP contribution is -2.13. The summed E-state index contributed by atoms with van der Waals surface area (Å²) in [6.07, 6.45) is 1.10. The summed E-state index contributed by atoms with van der Waals surface area (Å²) in [6, 6.07) is 9.59. The summed E-state index contributed by atoms with van der Waals surface area (Å²) in [5, 5.41) is 9.75. The van der Waals surface area contributed by atoms with Crippen LogP contribution >= 0.6 is 0 Å². The van der Waals surface area contributed by atoms with Crippen LogP contribution in [-0.2, 0) is 4.79 Å². The molecule has 1 amide bonds. The predicted octanol–water partition coefficient (Wildman–Crippen LogP) is 2.82. The van der Waals surface area contributed by atoms with Crippen molar-refractivity contribution in [2.45, 2.75) is 26.7 Å². The van der Waals surface area contributed by atoms with Crippen LogP contribution in [-0.4, -0.2) is 22.7 Å². The number of ether oxygens (including phenoxy) is 1. The summed E-state index contributed by atoms with van der Waals surface area (Å²) in [4.78, 5) is 11.8. The third kappa shape index (κ3) is 3.85. The van der Waals surface area contributed by atoms with E-state index in [1.54, 1.807) is 0 Å². The second kappa shape index (κ2) is 6.75. The number of amides is 1. The van der Waals surface area contributed by atoms with Crippen LogP contribution in [0.15, 0.2) is 30.3 Å². The number of nitrogens with one attached hydrogen (secondary N) is 2. The van der Waals surface area contributed by atoms with Gasteiger partial charge >= 0.3 is 0 Å². The number of H-pyrrole nitrogens is 1. The van der Waals surface area contributed by atoms with Crippen LogP contribution in [0.4, 0.5) is 5.69 Å². The van der Waals surface area contributed by atoms with E-state index in [4.69, 9.17) is 4.74 Å². The standard InChI is InChI=1S/C15H19N3O2/c1-11-15(12(2)18-17-11)16-14(19)9-6-10-20-13-7-4-3-5-8-13/h3-5,7-8H,6,9-10H2,1-2H3,(H,16,19)(H,17,18). The molecule has 1 aromatic heterocycles. The van der Waals surface area contributed by atoms with Gasteiger partial charge in [0.15, 0.2) is 0 Å². The molecule has 0 fully saturated rings. The van der Waals surface area contributed by atoms with Crippen molar-refractivity contribution in [2.75, 3.05) is 11.9 Å². The minimum atomic E-state index is -0.0192. The zero-order valence-electron chi connectivity index (χ0n) is 11.8. The second-order valence-electron chi connectivity index (χ2n) is 4.62. The van der Waals surface area contributed by atoms with Crippen molar-refractivity contribution in [3.05, 3.63) is 41.7 Å². The van der Waals surface area contributed by atoms with Gasteiger partial charge in [-0.05, 0) is 32.4 Å². The largest absolute Gasteiger partial charge is 0.494 e. The van der Waals surface area contributed by atoms with Gasteiger partial charge in [0, 0.05) is 6.42 Å². The Balaban J connectivity index is 1.71. The molecule has 0 unspecified atom stereocenters. The van der Waals surface area contributed by atoms with E-state index in [1.165, 1.54) is 0 Å². The van der Waals surface area contributed by atoms with Gasteiger partial charge in [0.05, 0.1) is 23.7 Å². The predicted molar refractivity (Wildman–Crippen MR) is 77.9 cm³/mol. The molecule has 5 heteroatoms. The molecule has 0 bridgehead atoms. The average molecular weight is 273 g/mol. The van der Waals surface area contributed by atoms with Crippen LogP contribution in [0.25, 0.3) is 0 Å². The first-order valence-corrected chi connectivity index (χ1v) is 6.66. The van der Waals surface area contributed by atoms with Crippen molar-refractivity contribution in [2.24, 2.45) is 0 Å². The Morgan fingerprint density at radius 1 is 1.30 bits per heavy atom. The monoisotopic (exact) mass is 273 g/mol. The number of carbonyl (C=O) groups is 1. The van der Waals surface area contributed by atoms with Gasteiger partial charge in [-0.25, -0.2) is 0 Å². The fourth-order valence-electron chi connectivity index (χ4n) is 1.88. The molecule has 0 spiro atoms. The van der Waals surface area contributed by atoms with E-state index in [0.29, 0.717) is 19.4 Å². The zero-order valence-corrected chi connectivity index (χ0v) is 11.8. The van der Waals surface area contributed by atoms with Gasteiger partial charge < -0.3 is 10.1 Å². The highest BCUT2D eigenvalue weighted by molar-refractivity contribution is 5.91. The SMILES string of the molecule is Cc1n[nH]c(C)c1NC(=O)CCCOc1ccccc1. The topological polar surface area (TPSA) is 67.0 Å². The number of nitrogens with zero attached hydrogens (tertiary/aromatic N) is 1. The fourth-order valence-corrected chi connectivity index (χ4v) is 1.88. The van der Waals surface area contributed by atoms with Crippen LogP contribution in [0.1, 0.15) is 24.2 Å². The zero-order chi connectivity index (χ0) is 14.4. The molecule has 0 atom stereocenters. The third-order valence-electron chi connectivity index (χ3n) is 2.95. The van der Waals surface area contributed by atoms with Gasteiger partial charge in [0.25, 0.3) is 0 Å². The van der Waals surface area contributed by atoms with Crippen LogP contribution in [0.2, 0.25) is 0 Å². The number of aryl methyl sites for hydroxylation is 2. The second-order valence-corrected chi connectivity index (χ2v) is 4.62. The van der Waals surface area contributed by atoms with E-state index < -0.39 is 0 Å². The maximum Gasteiger partial charge on any atom is 0.224 e. The Morgan fingerprint density at radius 3 is 2.70 bits per heavy atom. The Labute approximate surface area is 118 Å². The molecule has 0 aliphatic rings. The lowest BCUT2D eigenvalue weighted by Gasteiger charge is -2.07. The number of rotatable bonds is 6. The highest BCUT2D eigenvalue weighted by atomic mass is 16.5. The van der Waals surface area contributed by atoms with Crippen molar-refractivity contribution >= 4 is 11.6 Å². The van der Waals surface area contributed by atoms with Crippen molar-refractivity contribution in [3.8, 4) is 5.75 Å². The van der Waals surface area contributed by atoms with Crippen LogP contribution in [0.5, 0.6) is 5.75 Å². The molecule has 0 radical (unpaired) electrons. The Bertz CT molecular complexity index is 544. The van der Waals surface area contributed by atoms with E-state index in [-0.39, 0.29) is 5.91 Å². The molecule has 1 heterocycles. The average Bonchev–Trinajstić information content (AvgIpc) is 2.77. The molecule has 106 valence electrons. The summed E-state index contributed by atoms with van der Waals surface area (Å²) in [5.41, 5.74) is 2.45. The van der Waals surface area contributed by atoms with Crippen LogP contribution in [0.3, 0.4) is 0 Å². The summed E-state index contributed by atoms with van der Waals surface area (Å²) in [6.45, 7) is 4.27. The molecular formula is C15H19N3O2. The number of aromatic amines is 1. The van der Waals surface area contributed by atoms with Gasteiger partial charge in [-0.1, -0.05) is 18.2 Å². The van der Waals surface area contributed by atoms with Crippen molar-refractivity contribution in [1.82, 2.24) is 10.2 Å². The van der Waals surface area contributed by atoms with Crippen LogP contribution < -0.4 is 10.1 Å². The van der Waals surface area contributed by atoms with E-state index >= 15 is 0 Å². The molecule has 0 saturated heterocycles. The number of carbonyl (C=O) groups excluding carboxylic acids is 1. The lowest BCUT2D eigenvalue weighted by molar-refractivity contribution is -0.116.